The normalized spacial score (nSPS) is 17.5. The minimum atomic E-state index is 0.0891. The van der Waals surface area contributed by atoms with Crippen LogP contribution in [0.2, 0.25) is 0 Å². The number of hydrogen-bond donors (Lipinski definition) is 1. The third kappa shape index (κ3) is 3.41. The van der Waals surface area contributed by atoms with Gasteiger partial charge in [0.15, 0.2) is 0 Å². The van der Waals surface area contributed by atoms with Crippen molar-refractivity contribution < 1.29 is 0 Å². The van der Waals surface area contributed by atoms with E-state index in [2.05, 4.69) is 17.3 Å². The molecule has 0 amide bonds. The Morgan fingerprint density at radius 1 is 1.41 bits per heavy atom. The number of piperidine rings is 1. The zero-order valence-electron chi connectivity index (χ0n) is 10.4. The van der Waals surface area contributed by atoms with Crippen molar-refractivity contribution in [3.63, 3.8) is 0 Å². The zero-order valence-corrected chi connectivity index (χ0v) is 10.4. The van der Waals surface area contributed by atoms with Crippen molar-refractivity contribution in [2.24, 2.45) is 0 Å². The molecule has 1 aromatic heterocycles. The van der Waals surface area contributed by atoms with Crippen LogP contribution in [-0.4, -0.2) is 42.2 Å². The third-order valence-corrected chi connectivity index (χ3v) is 3.52. The van der Waals surface area contributed by atoms with Crippen LogP contribution in [0.15, 0.2) is 29.2 Å². The van der Waals surface area contributed by atoms with Crippen LogP contribution in [0.25, 0.3) is 0 Å². The molecule has 0 spiro atoms. The van der Waals surface area contributed by atoms with E-state index in [1.54, 1.807) is 16.7 Å². The van der Waals surface area contributed by atoms with Crippen molar-refractivity contribution in [3.05, 3.63) is 34.7 Å². The summed E-state index contributed by atoms with van der Waals surface area (Å²) in [4.78, 5) is 13.9. The molecular weight excluding hydrogens is 214 g/mol. The van der Waals surface area contributed by atoms with Crippen LogP contribution in [0.5, 0.6) is 0 Å². The van der Waals surface area contributed by atoms with Gasteiger partial charge in [0.25, 0.3) is 5.56 Å². The summed E-state index contributed by atoms with van der Waals surface area (Å²) in [5.74, 6) is 0. The molecule has 2 heterocycles. The van der Waals surface area contributed by atoms with Gasteiger partial charge in [0.05, 0.1) is 0 Å². The van der Waals surface area contributed by atoms with Gasteiger partial charge in [-0.1, -0.05) is 6.07 Å². The fraction of sp³-hybridized carbons (Fsp3) is 0.615. The summed E-state index contributed by atoms with van der Waals surface area (Å²) < 4.78 is 1.78. The highest BCUT2D eigenvalue weighted by Gasteiger charge is 2.17. The van der Waals surface area contributed by atoms with Crippen LogP contribution in [0.1, 0.15) is 12.8 Å². The molecule has 0 radical (unpaired) electrons. The Labute approximate surface area is 102 Å². The molecule has 1 aliphatic heterocycles. The molecule has 1 aliphatic rings. The van der Waals surface area contributed by atoms with Gasteiger partial charge < -0.3 is 14.8 Å². The molecule has 0 bridgehead atoms. The van der Waals surface area contributed by atoms with Crippen molar-refractivity contribution in [2.45, 2.75) is 25.4 Å². The smallest absolute Gasteiger partial charge is 0.250 e. The fourth-order valence-electron chi connectivity index (χ4n) is 2.34. The first-order valence-electron chi connectivity index (χ1n) is 6.34. The lowest BCUT2D eigenvalue weighted by Crippen LogP contribution is -2.42. The van der Waals surface area contributed by atoms with Gasteiger partial charge in [-0.2, -0.15) is 0 Å². The summed E-state index contributed by atoms with van der Waals surface area (Å²) in [5, 5.41) is 3.37. The molecule has 1 fully saturated rings. The summed E-state index contributed by atoms with van der Waals surface area (Å²) in [6.07, 6.45) is 4.28. The average molecular weight is 235 g/mol. The zero-order chi connectivity index (χ0) is 12.1. The van der Waals surface area contributed by atoms with Gasteiger partial charge in [0.2, 0.25) is 0 Å². The van der Waals surface area contributed by atoms with Crippen LogP contribution in [0, 0.1) is 0 Å². The number of aromatic nitrogens is 1. The second kappa shape index (κ2) is 5.98. The fourth-order valence-corrected chi connectivity index (χ4v) is 2.34. The van der Waals surface area contributed by atoms with Crippen LogP contribution in [-0.2, 0) is 6.54 Å². The van der Waals surface area contributed by atoms with Crippen molar-refractivity contribution in [3.8, 4) is 0 Å². The van der Waals surface area contributed by atoms with Gasteiger partial charge in [-0.15, -0.1) is 0 Å². The summed E-state index contributed by atoms with van der Waals surface area (Å²) in [7, 11) is 2.16. The Balaban J connectivity index is 1.85. The Kier molecular flexibility index (Phi) is 4.34. The number of pyridine rings is 1. The molecule has 0 saturated carbocycles. The Morgan fingerprint density at radius 2 is 2.18 bits per heavy atom. The predicted octanol–water partition coefficient (Wildman–Crippen LogP) is 0.532. The third-order valence-electron chi connectivity index (χ3n) is 3.52. The van der Waals surface area contributed by atoms with E-state index in [-0.39, 0.29) is 5.56 Å². The lowest BCUT2D eigenvalue weighted by atomic mass is 10.1. The highest BCUT2D eigenvalue weighted by molar-refractivity contribution is 4.93. The minimum Gasteiger partial charge on any atom is -0.317 e. The first kappa shape index (κ1) is 12.3. The molecule has 1 N–H and O–H groups in total. The van der Waals surface area contributed by atoms with Crippen molar-refractivity contribution in [2.75, 3.05) is 26.7 Å². The standard InChI is InChI=1S/C13H21N3O/c1-15(12-5-7-14-8-6-12)10-11-16-9-3-2-4-13(16)17/h2-4,9,12,14H,5-8,10-11H2,1H3. The van der Waals surface area contributed by atoms with Gasteiger partial charge in [-0.05, 0) is 39.0 Å². The topological polar surface area (TPSA) is 37.3 Å². The SMILES string of the molecule is CN(CCn1ccccc1=O)C1CCNCC1. The maximum absolute atomic E-state index is 11.5. The molecule has 1 saturated heterocycles. The first-order valence-corrected chi connectivity index (χ1v) is 6.34. The van der Waals surface area contributed by atoms with E-state index in [1.807, 2.05) is 12.3 Å². The van der Waals surface area contributed by atoms with E-state index in [1.165, 1.54) is 12.8 Å². The van der Waals surface area contributed by atoms with Crippen molar-refractivity contribution in [1.82, 2.24) is 14.8 Å². The molecule has 0 aliphatic carbocycles. The predicted molar refractivity (Wildman–Crippen MR) is 69.2 cm³/mol. The molecule has 4 nitrogen and oxygen atoms in total. The van der Waals surface area contributed by atoms with Crippen LogP contribution in [0.4, 0.5) is 0 Å². The van der Waals surface area contributed by atoms with Crippen molar-refractivity contribution in [1.29, 1.82) is 0 Å². The number of nitrogens with one attached hydrogen (secondary N) is 1. The second-order valence-electron chi connectivity index (χ2n) is 4.69. The van der Waals surface area contributed by atoms with Gasteiger partial charge in [0.1, 0.15) is 0 Å². The van der Waals surface area contributed by atoms with Crippen LogP contribution in [0.3, 0.4) is 0 Å². The first-order chi connectivity index (χ1) is 8.27. The minimum absolute atomic E-state index is 0.0891. The number of nitrogens with zero attached hydrogens (tertiary/aromatic N) is 2. The summed E-state index contributed by atoms with van der Waals surface area (Å²) >= 11 is 0. The maximum Gasteiger partial charge on any atom is 0.250 e. The Bertz CT molecular complexity index is 396. The molecular formula is C13H21N3O. The van der Waals surface area contributed by atoms with E-state index in [0.717, 1.165) is 26.2 Å². The van der Waals surface area contributed by atoms with E-state index < -0.39 is 0 Å². The summed E-state index contributed by atoms with van der Waals surface area (Å²) in [5.41, 5.74) is 0.0891. The Hall–Kier alpha value is -1.13. The van der Waals surface area contributed by atoms with E-state index in [0.29, 0.717) is 6.04 Å². The molecule has 4 heteroatoms. The summed E-state index contributed by atoms with van der Waals surface area (Å²) in [6.45, 7) is 3.94. The maximum atomic E-state index is 11.5. The van der Waals surface area contributed by atoms with E-state index >= 15 is 0 Å². The molecule has 0 unspecified atom stereocenters. The monoisotopic (exact) mass is 235 g/mol. The molecule has 94 valence electrons. The number of hydrogen-bond acceptors (Lipinski definition) is 3. The van der Waals surface area contributed by atoms with E-state index in [4.69, 9.17) is 0 Å². The number of rotatable bonds is 4. The van der Waals surface area contributed by atoms with Crippen LogP contribution >= 0.6 is 0 Å². The highest BCUT2D eigenvalue weighted by Crippen LogP contribution is 2.09. The van der Waals surface area contributed by atoms with Gasteiger partial charge in [-0.25, -0.2) is 0 Å². The lowest BCUT2D eigenvalue weighted by Gasteiger charge is -2.31. The second-order valence-corrected chi connectivity index (χ2v) is 4.69. The van der Waals surface area contributed by atoms with Gasteiger partial charge in [-0.3, -0.25) is 4.79 Å². The molecule has 17 heavy (non-hydrogen) atoms. The van der Waals surface area contributed by atoms with Crippen molar-refractivity contribution >= 4 is 0 Å². The van der Waals surface area contributed by atoms with E-state index in [9.17, 15) is 4.79 Å². The molecule has 0 atom stereocenters. The summed E-state index contributed by atoms with van der Waals surface area (Å²) in [6, 6.07) is 5.97. The largest absolute Gasteiger partial charge is 0.317 e. The van der Waals surface area contributed by atoms with Crippen LogP contribution < -0.4 is 10.9 Å². The quantitative estimate of drug-likeness (QED) is 0.827. The Morgan fingerprint density at radius 3 is 2.88 bits per heavy atom. The highest BCUT2D eigenvalue weighted by atomic mass is 16.1. The number of likely N-dealkylation sites (N-methyl/N-ethyl adjacent to an activating group) is 1. The van der Waals surface area contributed by atoms with Gasteiger partial charge in [0, 0.05) is 31.4 Å². The molecule has 1 aromatic rings. The van der Waals surface area contributed by atoms with Gasteiger partial charge >= 0.3 is 0 Å². The lowest BCUT2D eigenvalue weighted by molar-refractivity contribution is 0.192. The molecule has 0 aromatic carbocycles. The average Bonchev–Trinajstić information content (AvgIpc) is 2.38. The molecule has 2 rings (SSSR count).